The van der Waals surface area contributed by atoms with Crippen LogP contribution in [0.25, 0.3) is 0 Å². The molecule has 0 radical (unpaired) electrons. The van der Waals surface area contributed by atoms with Crippen molar-refractivity contribution in [3.05, 3.63) is 23.8 Å². The van der Waals surface area contributed by atoms with Gasteiger partial charge in [-0.05, 0) is 31.0 Å². The third-order valence-electron chi connectivity index (χ3n) is 3.29. The number of nitrogens with zero attached hydrogens (tertiary/aromatic N) is 1. The topological polar surface area (TPSA) is 95.9 Å². The highest BCUT2D eigenvalue weighted by Gasteiger charge is 2.22. The first-order chi connectivity index (χ1) is 9.94. The van der Waals surface area contributed by atoms with Crippen LogP contribution in [0, 0.1) is 0 Å². The lowest BCUT2D eigenvalue weighted by Crippen LogP contribution is -2.44. The molecule has 1 heterocycles. The van der Waals surface area contributed by atoms with Crippen LogP contribution in [0.4, 0.5) is 0 Å². The first kappa shape index (κ1) is 15.7. The number of hydrogen-bond donors (Lipinski definition) is 2. The molecule has 0 amide bonds. The quantitative estimate of drug-likeness (QED) is 0.800. The van der Waals surface area contributed by atoms with Gasteiger partial charge in [-0.2, -0.15) is 0 Å². The summed E-state index contributed by atoms with van der Waals surface area (Å²) in [5, 5.41) is 11.2. The number of nitrogens with one attached hydrogen (secondary N) is 1. The van der Waals surface area contributed by atoms with Crippen LogP contribution < -0.4 is 4.83 Å². The predicted molar refractivity (Wildman–Crippen MR) is 75.2 cm³/mol. The molecule has 1 fully saturated rings. The molecule has 1 aliphatic rings. The number of hydrogen-bond acceptors (Lipinski definition) is 6. The molecule has 21 heavy (non-hydrogen) atoms. The van der Waals surface area contributed by atoms with Crippen molar-refractivity contribution in [3.63, 3.8) is 0 Å². The number of carbonyl (C=O) groups excluding carboxylic acids is 1. The molecule has 1 saturated heterocycles. The number of methoxy groups -OCH3 is 1. The molecular weight excluding hydrogens is 296 g/mol. The van der Waals surface area contributed by atoms with Gasteiger partial charge < -0.3 is 9.84 Å². The van der Waals surface area contributed by atoms with Gasteiger partial charge in [-0.25, -0.2) is 18.2 Å². The van der Waals surface area contributed by atoms with E-state index >= 15 is 0 Å². The Bertz CT molecular complexity index is 623. The Hall–Kier alpha value is -1.64. The standard InChI is InChI=1S/C13H18N2O5S/c1-20-13(17)11-9-10(5-6-12(11)16)21(18,19)14-15-7-3-2-4-8-15/h5-6,9,14,16H,2-4,7-8H2,1H3. The molecule has 7 nitrogen and oxygen atoms in total. The Labute approximate surface area is 123 Å². The largest absolute Gasteiger partial charge is 0.507 e. The lowest BCUT2D eigenvalue weighted by atomic mass is 10.2. The number of phenols is 1. The van der Waals surface area contributed by atoms with Crippen LogP contribution in [0.2, 0.25) is 0 Å². The first-order valence-corrected chi connectivity index (χ1v) is 8.11. The van der Waals surface area contributed by atoms with E-state index in [1.807, 2.05) is 0 Å². The fraction of sp³-hybridized carbons (Fsp3) is 0.462. The molecule has 1 aliphatic heterocycles. The highest BCUT2D eigenvalue weighted by atomic mass is 32.2. The van der Waals surface area contributed by atoms with Crippen molar-refractivity contribution in [3.8, 4) is 5.75 Å². The van der Waals surface area contributed by atoms with Crippen LogP contribution in [0.15, 0.2) is 23.1 Å². The van der Waals surface area contributed by atoms with E-state index in [4.69, 9.17) is 0 Å². The number of ether oxygens (including phenoxy) is 1. The van der Waals surface area contributed by atoms with Crippen LogP contribution in [0.1, 0.15) is 29.6 Å². The van der Waals surface area contributed by atoms with Crippen LogP contribution in [-0.2, 0) is 14.8 Å². The number of hydrazine groups is 1. The number of piperidine rings is 1. The highest BCUT2D eigenvalue weighted by molar-refractivity contribution is 7.89. The van der Waals surface area contributed by atoms with Gasteiger partial charge in [-0.3, -0.25) is 0 Å². The molecule has 2 rings (SSSR count). The summed E-state index contributed by atoms with van der Waals surface area (Å²) in [6, 6.07) is 3.51. The zero-order valence-electron chi connectivity index (χ0n) is 11.7. The predicted octanol–water partition coefficient (Wildman–Crippen LogP) is 0.858. The molecule has 0 spiro atoms. The minimum atomic E-state index is -3.78. The van der Waals surface area contributed by atoms with Crippen molar-refractivity contribution in [2.24, 2.45) is 0 Å². The molecule has 0 aliphatic carbocycles. The lowest BCUT2D eigenvalue weighted by molar-refractivity contribution is 0.0597. The number of rotatable bonds is 4. The van der Waals surface area contributed by atoms with E-state index in [-0.39, 0.29) is 16.2 Å². The maximum absolute atomic E-state index is 12.3. The first-order valence-electron chi connectivity index (χ1n) is 6.63. The number of carbonyl (C=O) groups is 1. The number of benzene rings is 1. The van der Waals surface area contributed by atoms with Gasteiger partial charge in [0.2, 0.25) is 0 Å². The molecule has 1 aromatic carbocycles. The van der Waals surface area contributed by atoms with Gasteiger partial charge in [0, 0.05) is 13.1 Å². The SMILES string of the molecule is COC(=O)c1cc(S(=O)(=O)NN2CCCCC2)ccc1O. The highest BCUT2D eigenvalue weighted by Crippen LogP contribution is 2.22. The summed E-state index contributed by atoms with van der Waals surface area (Å²) in [7, 11) is -2.62. The van der Waals surface area contributed by atoms with Crippen molar-refractivity contribution < 1.29 is 23.1 Å². The molecule has 0 aromatic heterocycles. The number of aromatic hydroxyl groups is 1. The van der Waals surface area contributed by atoms with E-state index in [9.17, 15) is 18.3 Å². The van der Waals surface area contributed by atoms with E-state index in [0.29, 0.717) is 13.1 Å². The summed E-state index contributed by atoms with van der Waals surface area (Å²) in [5.74, 6) is -1.11. The van der Waals surface area contributed by atoms with Crippen molar-refractivity contribution in [1.29, 1.82) is 0 Å². The second kappa shape index (κ2) is 6.42. The monoisotopic (exact) mass is 314 g/mol. The van der Waals surface area contributed by atoms with Crippen LogP contribution >= 0.6 is 0 Å². The molecule has 1 aromatic rings. The Morgan fingerprint density at radius 1 is 1.29 bits per heavy atom. The van der Waals surface area contributed by atoms with Gasteiger partial charge >= 0.3 is 5.97 Å². The van der Waals surface area contributed by atoms with Gasteiger partial charge in [-0.15, -0.1) is 4.83 Å². The average molecular weight is 314 g/mol. The van der Waals surface area contributed by atoms with E-state index in [2.05, 4.69) is 9.57 Å². The Morgan fingerprint density at radius 3 is 2.57 bits per heavy atom. The molecular formula is C13H18N2O5S. The normalized spacial score (nSPS) is 16.6. The summed E-state index contributed by atoms with van der Waals surface area (Å²) in [4.78, 5) is 13.9. The van der Waals surface area contributed by atoms with E-state index in [1.165, 1.54) is 6.07 Å². The van der Waals surface area contributed by atoms with Crippen molar-refractivity contribution in [1.82, 2.24) is 9.84 Å². The second-order valence-electron chi connectivity index (χ2n) is 4.81. The fourth-order valence-corrected chi connectivity index (χ4v) is 3.31. The van der Waals surface area contributed by atoms with Crippen molar-refractivity contribution >= 4 is 16.0 Å². The zero-order valence-corrected chi connectivity index (χ0v) is 12.5. The molecule has 8 heteroatoms. The minimum Gasteiger partial charge on any atom is -0.507 e. The summed E-state index contributed by atoms with van der Waals surface area (Å²) in [6.45, 7) is 1.31. The van der Waals surface area contributed by atoms with Gasteiger partial charge in [-0.1, -0.05) is 6.42 Å². The zero-order chi connectivity index (χ0) is 15.5. The van der Waals surface area contributed by atoms with E-state index in [0.717, 1.165) is 38.5 Å². The number of phenolic OH excluding ortho intramolecular Hbond substituents is 1. The van der Waals surface area contributed by atoms with E-state index < -0.39 is 16.0 Å². The van der Waals surface area contributed by atoms with Crippen LogP contribution in [0.3, 0.4) is 0 Å². The van der Waals surface area contributed by atoms with Gasteiger partial charge in [0.25, 0.3) is 10.0 Å². The molecule has 2 N–H and O–H groups in total. The van der Waals surface area contributed by atoms with Crippen molar-refractivity contribution in [2.45, 2.75) is 24.2 Å². The maximum Gasteiger partial charge on any atom is 0.341 e. The Kier molecular flexibility index (Phi) is 4.81. The maximum atomic E-state index is 12.3. The lowest BCUT2D eigenvalue weighted by Gasteiger charge is -2.26. The second-order valence-corrected chi connectivity index (χ2v) is 6.47. The fourth-order valence-electron chi connectivity index (χ4n) is 2.16. The summed E-state index contributed by atoms with van der Waals surface area (Å²) in [5.41, 5.74) is -0.181. The minimum absolute atomic E-state index is 0.0914. The summed E-state index contributed by atoms with van der Waals surface area (Å²) < 4.78 is 29.1. The van der Waals surface area contributed by atoms with Crippen LogP contribution in [0.5, 0.6) is 5.75 Å². The molecule has 0 saturated carbocycles. The Morgan fingerprint density at radius 2 is 1.95 bits per heavy atom. The number of sulfonamides is 1. The Balaban J connectivity index is 2.25. The van der Waals surface area contributed by atoms with Gasteiger partial charge in [0.05, 0.1) is 12.0 Å². The molecule has 0 bridgehead atoms. The molecule has 0 unspecified atom stereocenters. The number of esters is 1. The van der Waals surface area contributed by atoms with E-state index in [1.54, 1.807) is 5.01 Å². The van der Waals surface area contributed by atoms with Gasteiger partial charge in [0.1, 0.15) is 11.3 Å². The summed E-state index contributed by atoms with van der Waals surface area (Å²) >= 11 is 0. The third kappa shape index (κ3) is 3.72. The molecule has 116 valence electrons. The molecule has 0 atom stereocenters. The third-order valence-corrected chi connectivity index (χ3v) is 4.66. The smallest absolute Gasteiger partial charge is 0.341 e. The summed E-state index contributed by atoms with van der Waals surface area (Å²) in [6.07, 6.45) is 2.96. The van der Waals surface area contributed by atoms with Gasteiger partial charge in [0.15, 0.2) is 0 Å². The van der Waals surface area contributed by atoms with Crippen LogP contribution in [-0.4, -0.2) is 44.7 Å². The average Bonchev–Trinajstić information content (AvgIpc) is 2.47. The van der Waals surface area contributed by atoms with Crippen molar-refractivity contribution in [2.75, 3.05) is 20.2 Å².